The van der Waals surface area contributed by atoms with Gasteiger partial charge in [-0.05, 0) is 31.2 Å². The molecule has 19 heavy (non-hydrogen) atoms. The van der Waals surface area contributed by atoms with Crippen molar-refractivity contribution in [2.45, 2.75) is 20.0 Å². The molecule has 0 bridgehead atoms. The smallest absolute Gasteiger partial charge is 0.101 e. The van der Waals surface area contributed by atoms with Crippen LogP contribution in [0.25, 0.3) is 0 Å². The number of rotatable bonds is 4. The van der Waals surface area contributed by atoms with Crippen molar-refractivity contribution in [3.05, 3.63) is 29.3 Å². The maximum absolute atomic E-state index is 9.13. The summed E-state index contributed by atoms with van der Waals surface area (Å²) in [6.07, 6.45) is 0.196. The molecule has 0 spiro atoms. The molecule has 0 amide bonds. The van der Waals surface area contributed by atoms with Crippen molar-refractivity contribution in [3.8, 4) is 6.07 Å². The zero-order chi connectivity index (χ0) is 13.7. The number of ether oxygens (including phenoxy) is 1. The van der Waals surface area contributed by atoms with Crippen molar-refractivity contribution >= 4 is 5.69 Å². The highest BCUT2D eigenvalue weighted by Gasteiger charge is 2.19. The highest BCUT2D eigenvalue weighted by Crippen LogP contribution is 2.17. The first-order chi connectivity index (χ1) is 9.22. The Hall–Kier alpha value is -1.57. The molecule has 0 aliphatic carbocycles. The molecule has 0 saturated carbocycles. The van der Waals surface area contributed by atoms with Crippen LogP contribution in [0.5, 0.6) is 0 Å². The van der Waals surface area contributed by atoms with E-state index in [1.54, 1.807) is 0 Å². The molecular formula is C15H21N3O. The molecule has 1 N–H and O–H groups in total. The Kier molecular flexibility index (Phi) is 4.78. The monoisotopic (exact) mass is 259 g/mol. The van der Waals surface area contributed by atoms with Gasteiger partial charge in [0.2, 0.25) is 0 Å². The van der Waals surface area contributed by atoms with Gasteiger partial charge >= 0.3 is 0 Å². The van der Waals surface area contributed by atoms with Crippen molar-refractivity contribution in [1.82, 2.24) is 4.90 Å². The van der Waals surface area contributed by atoms with Crippen molar-refractivity contribution in [3.63, 3.8) is 0 Å². The third kappa shape index (κ3) is 3.69. The van der Waals surface area contributed by atoms with E-state index in [0.717, 1.165) is 44.0 Å². The summed E-state index contributed by atoms with van der Waals surface area (Å²) in [6.45, 7) is 8.73. The third-order valence-corrected chi connectivity index (χ3v) is 3.49. The molecule has 0 aromatic heterocycles. The largest absolute Gasteiger partial charge is 0.381 e. The van der Waals surface area contributed by atoms with E-state index in [2.05, 4.69) is 23.2 Å². The molecule has 4 heteroatoms. The summed E-state index contributed by atoms with van der Waals surface area (Å²) < 4.78 is 5.74. The zero-order valence-corrected chi connectivity index (χ0v) is 11.6. The molecule has 0 radical (unpaired) electrons. The summed E-state index contributed by atoms with van der Waals surface area (Å²) in [5.74, 6) is 0. The number of hydrogen-bond acceptors (Lipinski definition) is 4. The molecule has 102 valence electrons. The van der Waals surface area contributed by atoms with Gasteiger partial charge in [-0.25, -0.2) is 0 Å². The van der Waals surface area contributed by atoms with E-state index in [0.29, 0.717) is 5.56 Å². The second-order valence-corrected chi connectivity index (χ2v) is 4.93. The van der Waals surface area contributed by atoms with Gasteiger partial charge in [0.15, 0.2) is 0 Å². The fourth-order valence-electron chi connectivity index (χ4n) is 2.32. The number of likely N-dealkylation sites (N-methyl/N-ethyl adjacent to an activating group) is 1. The topological polar surface area (TPSA) is 48.3 Å². The molecule has 1 fully saturated rings. The SMILES string of the molecule is CCN1CCOC(CNc2ccc(C)cc2C#N)C1. The molecule has 1 unspecified atom stereocenters. The van der Waals surface area contributed by atoms with Crippen LogP contribution in [0.2, 0.25) is 0 Å². The lowest BCUT2D eigenvalue weighted by Gasteiger charge is -2.32. The second kappa shape index (κ2) is 6.55. The summed E-state index contributed by atoms with van der Waals surface area (Å²) in [5.41, 5.74) is 2.70. The minimum Gasteiger partial charge on any atom is -0.381 e. The van der Waals surface area contributed by atoms with Crippen molar-refractivity contribution in [1.29, 1.82) is 5.26 Å². The Morgan fingerprint density at radius 1 is 1.53 bits per heavy atom. The average Bonchev–Trinajstić information content (AvgIpc) is 2.46. The minimum absolute atomic E-state index is 0.196. The Bertz CT molecular complexity index is 467. The van der Waals surface area contributed by atoms with Crippen LogP contribution < -0.4 is 5.32 Å². The van der Waals surface area contributed by atoms with Gasteiger partial charge in [-0.15, -0.1) is 0 Å². The second-order valence-electron chi connectivity index (χ2n) is 4.93. The van der Waals surface area contributed by atoms with Crippen LogP contribution in [0.1, 0.15) is 18.1 Å². The summed E-state index contributed by atoms with van der Waals surface area (Å²) in [6, 6.07) is 8.12. The van der Waals surface area contributed by atoms with Crippen LogP contribution in [0.3, 0.4) is 0 Å². The molecule has 1 heterocycles. The first-order valence-corrected chi connectivity index (χ1v) is 6.81. The van der Waals surface area contributed by atoms with Gasteiger partial charge in [-0.3, -0.25) is 4.90 Å². The van der Waals surface area contributed by atoms with Gasteiger partial charge < -0.3 is 10.1 Å². The van der Waals surface area contributed by atoms with Crippen molar-refractivity contribution in [2.75, 3.05) is 38.1 Å². The molecule has 2 rings (SSSR count). The molecule has 4 nitrogen and oxygen atoms in total. The van der Waals surface area contributed by atoms with E-state index in [9.17, 15) is 0 Å². The standard InChI is InChI=1S/C15H21N3O/c1-3-18-6-7-19-14(11-18)10-17-15-5-4-12(2)8-13(15)9-16/h4-5,8,14,17H,3,6-7,10-11H2,1-2H3. The number of aryl methyl sites for hydroxylation is 1. The first-order valence-electron chi connectivity index (χ1n) is 6.81. The third-order valence-electron chi connectivity index (χ3n) is 3.49. The fraction of sp³-hybridized carbons (Fsp3) is 0.533. The molecular weight excluding hydrogens is 238 g/mol. The number of nitrogens with one attached hydrogen (secondary N) is 1. The normalized spacial score (nSPS) is 19.9. The van der Waals surface area contributed by atoms with Crippen LogP contribution in [0, 0.1) is 18.3 Å². The number of benzene rings is 1. The number of morpholine rings is 1. The Balaban J connectivity index is 1.93. The summed E-state index contributed by atoms with van der Waals surface area (Å²) >= 11 is 0. The van der Waals surface area contributed by atoms with Crippen LogP contribution in [0.15, 0.2) is 18.2 Å². The van der Waals surface area contributed by atoms with E-state index in [1.165, 1.54) is 0 Å². The Morgan fingerprint density at radius 2 is 2.37 bits per heavy atom. The predicted octanol–water partition coefficient (Wildman–Crippen LogP) is 2.00. The van der Waals surface area contributed by atoms with Crippen LogP contribution in [-0.4, -0.2) is 43.8 Å². The highest BCUT2D eigenvalue weighted by atomic mass is 16.5. The number of anilines is 1. The molecule has 1 aliphatic heterocycles. The molecule has 1 aliphatic rings. The average molecular weight is 259 g/mol. The van der Waals surface area contributed by atoms with Crippen LogP contribution in [-0.2, 0) is 4.74 Å². The summed E-state index contributed by atoms with van der Waals surface area (Å²) in [5, 5.41) is 12.5. The van der Waals surface area contributed by atoms with E-state index in [1.807, 2.05) is 25.1 Å². The van der Waals surface area contributed by atoms with Gasteiger partial charge in [0, 0.05) is 19.6 Å². The van der Waals surface area contributed by atoms with Gasteiger partial charge in [-0.1, -0.05) is 13.0 Å². The fourth-order valence-corrected chi connectivity index (χ4v) is 2.32. The summed E-state index contributed by atoms with van der Waals surface area (Å²) in [7, 11) is 0. The number of nitriles is 1. The van der Waals surface area contributed by atoms with Crippen LogP contribution >= 0.6 is 0 Å². The van der Waals surface area contributed by atoms with Crippen molar-refractivity contribution < 1.29 is 4.74 Å². The van der Waals surface area contributed by atoms with Gasteiger partial charge in [0.05, 0.1) is 24.0 Å². The summed E-state index contributed by atoms with van der Waals surface area (Å²) in [4.78, 5) is 2.39. The van der Waals surface area contributed by atoms with E-state index < -0.39 is 0 Å². The van der Waals surface area contributed by atoms with Gasteiger partial charge in [0.1, 0.15) is 6.07 Å². The lowest BCUT2D eigenvalue weighted by atomic mass is 10.1. The molecule has 1 aromatic carbocycles. The maximum atomic E-state index is 9.13. The van der Waals surface area contributed by atoms with Crippen LogP contribution in [0.4, 0.5) is 5.69 Å². The molecule has 1 saturated heterocycles. The van der Waals surface area contributed by atoms with E-state index >= 15 is 0 Å². The van der Waals surface area contributed by atoms with E-state index in [4.69, 9.17) is 10.00 Å². The van der Waals surface area contributed by atoms with Gasteiger partial charge in [-0.2, -0.15) is 5.26 Å². The lowest BCUT2D eigenvalue weighted by Crippen LogP contribution is -2.45. The highest BCUT2D eigenvalue weighted by molar-refractivity contribution is 5.58. The zero-order valence-electron chi connectivity index (χ0n) is 11.6. The van der Waals surface area contributed by atoms with Gasteiger partial charge in [0.25, 0.3) is 0 Å². The Labute approximate surface area is 115 Å². The number of nitrogens with zero attached hydrogens (tertiary/aromatic N) is 2. The maximum Gasteiger partial charge on any atom is 0.101 e. The first kappa shape index (κ1) is 13.9. The molecule has 1 aromatic rings. The number of hydrogen-bond donors (Lipinski definition) is 1. The predicted molar refractivity (Wildman–Crippen MR) is 76.2 cm³/mol. The van der Waals surface area contributed by atoms with Crippen molar-refractivity contribution in [2.24, 2.45) is 0 Å². The lowest BCUT2D eigenvalue weighted by molar-refractivity contribution is -0.0191. The molecule has 1 atom stereocenters. The minimum atomic E-state index is 0.196. The Morgan fingerprint density at radius 3 is 3.11 bits per heavy atom. The van der Waals surface area contributed by atoms with E-state index in [-0.39, 0.29) is 6.10 Å². The quantitative estimate of drug-likeness (QED) is 0.898.